The summed E-state index contributed by atoms with van der Waals surface area (Å²) in [6, 6.07) is 24.1. The number of benzene rings is 3. The molecule has 0 atom stereocenters. The summed E-state index contributed by atoms with van der Waals surface area (Å²) in [6.07, 6.45) is 0. The standard InChI is InChI=1S/C21H16Br2N2O2S/c22-19-11-12-20(23)21(18(19)13-24)28(26,27)25(14-16-7-3-1-4-8-16)15-17-9-5-2-6-10-17/h1-12H,14-15H2. The molecular formula is C21H16Br2N2O2S. The van der Waals surface area contributed by atoms with E-state index in [1.165, 1.54) is 4.31 Å². The Morgan fingerprint density at radius 2 is 1.25 bits per heavy atom. The summed E-state index contributed by atoms with van der Waals surface area (Å²) in [7, 11) is -3.96. The van der Waals surface area contributed by atoms with Crippen LogP contribution < -0.4 is 0 Å². The van der Waals surface area contributed by atoms with Crippen molar-refractivity contribution in [2.75, 3.05) is 0 Å². The Bertz CT molecular complexity index is 1070. The summed E-state index contributed by atoms with van der Waals surface area (Å²) in [5, 5.41) is 9.56. The summed E-state index contributed by atoms with van der Waals surface area (Å²) in [5.41, 5.74) is 1.82. The zero-order valence-electron chi connectivity index (χ0n) is 14.7. The Balaban J connectivity index is 2.11. The van der Waals surface area contributed by atoms with Crippen LogP contribution >= 0.6 is 31.9 Å². The Hall–Kier alpha value is -1.98. The number of hydrogen-bond acceptors (Lipinski definition) is 3. The molecule has 0 unspecified atom stereocenters. The Morgan fingerprint density at radius 3 is 1.71 bits per heavy atom. The first-order valence-corrected chi connectivity index (χ1v) is 11.4. The molecule has 0 heterocycles. The zero-order chi connectivity index (χ0) is 20.1. The molecule has 4 nitrogen and oxygen atoms in total. The largest absolute Gasteiger partial charge is 0.246 e. The number of sulfonamides is 1. The summed E-state index contributed by atoms with van der Waals surface area (Å²) in [6.45, 7) is 0.393. The fourth-order valence-electron chi connectivity index (χ4n) is 2.82. The van der Waals surface area contributed by atoms with Gasteiger partial charge in [0.25, 0.3) is 0 Å². The average molecular weight is 520 g/mol. The molecule has 3 rings (SSSR count). The van der Waals surface area contributed by atoms with E-state index < -0.39 is 10.0 Å². The molecule has 28 heavy (non-hydrogen) atoms. The highest BCUT2D eigenvalue weighted by atomic mass is 79.9. The molecule has 0 bridgehead atoms. The molecular weight excluding hydrogens is 504 g/mol. The van der Waals surface area contributed by atoms with Crippen LogP contribution in [-0.4, -0.2) is 12.7 Å². The van der Waals surface area contributed by atoms with Gasteiger partial charge in [-0.05, 0) is 55.1 Å². The van der Waals surface area contributed by atoms with Crippen LogP contribution in [0.25, 0.3) is 0 Å². The van der Waals surface area contributed by atoms with Gasteiger partial charge in [-0.25, -0.2) is 8.42 Å². The van der Waals surface area contributed by atoms with Gasteiger partial charge in [-0.1, -0.05) is 60.7 Å². The van der Waals surface area contributed by atoms with Gasteiger partial charge < -0.3 is 0 Å². The van der Waals surface area contributed by atoms with Gasteiger partial charge in [0.1, 0.15) is 11.0 Å². The molecule has 142 valence electrons. The molecule has 0 N–H and O–H groups in total. The first-order valence-electron chi connectivity index (χ1n) is 8.39. The van der Waals surface area contributed by atoms with Gasteiger partial charge in [0.2, 0.25) is 10.0 Å². The maximum atomic E-state index is 13.6. The fourth-order valence-corrected chi connectivity index (χ4v) is 5.94. The van der Waals surface area contributed by atoms with Gasteiger partial charge in [-0.15, -0.1) is 0 Å². The molecule has 0 spiro atoms. The predicted molar refractivity (Wildman–Crippen MR) is 116 cm³/mol. The van der Waals surface area contributed by atoms with E-state index in [9.17, 15) is 13.7 Å². The van der Waals surface area contributed by atoms with Gasteiger partial charge in [0.15, 0.2) is 0 Å². The van der Waals surface area contributed by atoms with Crippen molar-refractivity contribution in [1.29, 1.82) is 5.26 Å². The summed E-state index contributed by atoms with van der Waals surface area (Å²) >= 11 is 6.61. The van der Waals surface area contributed by atoms with Crippen molar-refractivity contribution in [3.8, 4) is 6.07 Å². The van der Waals surface area contributed by atoms with Crippen molar-refractivity contribution in [2.45, 2.75) is 18.0 Å². The molecule has 0 amide bonds. The smallest absolute Gasteiger partial charge is 0.207 e. The third-order valence-electron chi connectivity index (χ3n) is 4.17. The second-order valence-corrected chi connectivity index (χ2v) is 9.67. The summed E-state index contributed by atoms with van der Waals surface area (Å²) in [4.78, 5) is -0.0313. The Kier molecular flexibility index (Phi) is 6.68. The van der Waals surface area contributed by atoms with Crippen LogP contribution in [0.4, 0.5) is 0 Å². The van der Waals surface area contributed by atoms with Gasteiger partial charge in [-0.3, -0.25) is 0 Å². The molecule has 0 radical (unpaired) electrons. The molecule has 0 saturated heterocycles. The lowest BCUT2D eigenvalue weighted by atomic mass is 10.2. The number of rotatable bonds is 6. The minimum atomic E-state index is -3.96. The van der Waals surface area contributed by atoms with Crippen molar-refractivity contribution < 1.29 is 8.42 Å². The zero-order valence-corrected chi connectivity index (χ0v) is 18.7. The van der Waals surface area contributed by atoms with E-state index in [2.05, 4.69) is 31.9 Å². The molecule has 3 aromatic carbocycles. The second kappa shape index (κ2) is 9.01. The lowest BCUT2D eigenvalue weighted by molar-refractivity contribution is 0.400. The SMILES string of the molecule is N#Cc1c(Br)ccc(Br)c1S(=O)(=O)N(Cc1ccccc1)Cc1ccccc1. The van der Waals surface area contributed by atoms with Gasteiger partial charge in [0.05, 0.1) is 5.56 Å². The molecule has 7 heteroatoms. The number of nitriles is 1. The molecule has 3 aromatic rings. The third-order valence-corrected chi connectivity index (χ3v) is 7.63. The van der Waals surface area contributed by atoms with E-state index in [1.54, 1.807) is 12.1 Å². The van der Waals surface area contributed by atoms with Crippen LogP contribution in [0.5, 0.6) is 0 Å². The lowest BCUT2D eigenvalue weighted by Crippen LogP contribution is -2.31. The van der Waals surface area contributed by atoms with E-state index >= 15 is 0 Å². The monoisotopic (exact) mass is 518 g/mol. The maximum Gasteiger partial charge on any atom is 0.246 e. The minimum Gasteiger partial charge on any atom is -0.207 e. The molecule has 0 aromatic heterocycles. The van der Waals surface area contributed by atoms with Gasteiger partial charge >= 0.3 is 0 Å². The van der Waals surface area contributed by atoms with Crippen LogP contribution in [0.2, 0.25) is 0 Å². The Morgan fingerprint density at radius 1 is 0.786 bits per heavy atom. The van der Waals surface area contributed by atoms with Crippen LogP contribution in [0.3, 0.4) is 0 Å². The van der Waals surface area contributed by atoms with Crippen LogP contribution in [0.15, 0.2) is 86.6 Å². The number of halogens is 2. The Labute approximate surface area is 181 Å². The van der Waals surface area contributed by atoms with Crippen molar-refractivity contribution in [3.05, 3.63) is 98.4 Å². The van der Waals surface area contributed by atoms with E-state index in [0.29, 0.717) is 8.95 Å². The highest BCUT2D eigenvalue weighted by Gasteiger charge is 2.31. The summed E-state index contributed by atoms with van der Waals surface area (Å²) < 4.78 is 29.4. The second-order valence-electron chi connectivity index (χ2n) is 6.09. The highest BCUT2D eigenvalue weighted by Crippen LogP contribution is 2.34. The molecule has 0 saturated carbocycles. The van der Waals surface area contributed by atoms with Gasteiger partial charge in [-0.2, -0.15) is 9.57 Å². The summed E-state index contributed by atoms with van der Waals surface area (Å²) in [5.74, 6) is 0. The average Bonchev–Trinajstić information content (AvgIpc) is 2.70. The van der Waals surface area contributed by atoms with E-state index in [-0.39, 0.29) is 23.5 Å². The predicted octanol–water partition coefficient (Wildman–Crippen LogP) is 5.47. The van der Waals surface area contributed by atoms with Crippen LogP contribution in [0.1, 0.15) is 16.7 Å². The van der Waals surface area contributed by atoms with Crippen molar-refractivity contribution in [1.82, 2.24) is 4.31 Å². The van der Waals surface area contributed by atoms with Crippen molar-refractivity contribution in [3.63, 3.8) is 0 Å². The topological polar surface area (TPSA) is 61.2 Å². The van der Waals surface area contributed by atoms with Crippen LogP contribution in [0, 0.1) is 11.3 Å². The first kappa shape index (κ1) is 20.7. The van der Waals surface area contributed by atoms with Crippen LogP contribution in [-0.2, 0) is 23.1 Å². The lowest BCUT2D eigenvalue weighted by Gasteiger charge is -2.24. The van der Waals surface area contributed by atoms with E-state index in [4.69, 9.17) is 0 Å². The quantitative estimate of drug-likeness (QED) is 0.433. The normalized spacial score (nSPS) is 11.4. The van der Waals surface area contributed by atoms with E-state index in [1.807, 2.05) is 66.7 Å². The molecule has 0 aliphatic rings. The molecule has 0 aliphatic carbocycles. The molecule has 0 aliphatic heterocycles. The minimum absolute atomic E-state index is 0.0313. The van der Waals surface area contributed by atoms with Gasteiger partial charge in [0, 0.05) is 22.0 Å². The third kappa shape index (κ3) is 4.53. The van der Waals surface area contributed by atoms with Crippen molar-refractivity contribution in [2.24, 2.45) is 0 Å². The first-order chi connectivity index (χ1) is 13.4. The van der Waals surface area contributed by atoms with Crippen molar-refractivity contribution >= 4 is 41.9 Å². The highest BCUT2D eigenvalue weighted by molar-refractivity contribution is 9.11. The fraction of sp³-hybridized carbons (Fsp3) is 0.0952. The maximum absolute atomic E-state index is 13.6. The van der Waals surface area contributed by atoms with E-state index in [0.717, 1.165) is 11.1 Å². The number of nitrogens with zero attached hydrogens (tertiary/aromatic N) is 2. The molecule has 0 fully saturated rings. The number of hydrogen-bond donors (Lipinski definition) is 0.